The molecular formula is C9H9N3O. The molecule has 2 heterocycles. The van der Waals surface area contributed by atoms with E-state index in [1.54, 1.807) is 19.3 Å². The van der Waals surface area contributed by atoms with E-state index in [4.69, 9.17) is 0 Å². The molecule has 0 saturated carbocycles. The first-order valence-electron chi connectivity index (χ1n) is 3.96. The predicted octanol–water partition coefficient (Wildman–Crippen LogP) is 0.637. The van der Waals surface area contributed by atoms with Crippen LogP contribution in [0.4, 0.5) is 0 Å². The summed E-state index contributed by atoms with van der Waals surface area (Å²) >= 11 is 0. The Labute approximate surface area is 74.9 Å². The molecule has 4 nitrogen and oxygen atoms in total. The second-order valence-electron chi connectivity index (χ2n) is 3.00. The second kappa shape index (κ2) is 2.65. The molecule has 0 unspecified atom stereocenters. The summed E-state index contributed by atoms with van der Waals surface area (Å²) < 4.78 is 1.46. The van der Waals surface area contributed by atoms with Crippen LogP contribution in [0.2, 0.25) is 0 Å². The lowest BCUT2D eigenvalue weighted by Gasteiger charge is -1.99. The van der Waals surface area contributed by atoms with E-state index in [2.05, 4.69) is 9.97 Å². The maximum Gasteiger partial charge on any atom is 0.261 e. The Morgan fingerprint density at radius 3 is 2.92 bits per heavy atom. The average Bonchev–Trinajstić information content (AvgIpc) is 2.12. The summed E-state index contributed by atoms with van der Waals surface area (Å²) in [6.45, 7) is 1.85. The smallest absolute Gasteiger partial charge is 0.261 e. The van der Waals surface area contributed by atoms with Crippen molar-refractivity contribution in [2.75, 3.05) is 0 Å². The van der Waals surface area contributed by atoms with E-state index < -0.39 is 0 Å². The average molecular weight is 175 g/mol. The summed E-state index contributed by atoms with van der Waals surface area (Å²) in [4.78, 5) is 19.7. The van der Waals surface area contributed by atoms with Crippen LogP contribution in [0.25, 0.3) is 10.9 Å². The first-order valence-corrected chi connectivity index (χ1v) is 3.96. The normalized spacial score (nSPS) is 10.6. The van der Waals surface area contributed by atoms with Gasteiger partial charge >= 0.3 is 0 Å². The fourth-order valence-electron chi connectivity index (χ4n) is 1.22. The van der Waals surface area contributed by atoms with Gasteiger partial charge in [0, 0.05) is 12.7 Å². The molecule has 0 aliphatic rings. The molecule has 0 N–H and O–H groups in total. The van der Waals surface area contributed by atoms with Crippen LogP contribution in [0.3, 0.4) is 0 Å². The third kappa shape index (κ3) is 1.20. The highest BCUT2D eigenvalue weighted by molar-refractivity contribution is 5.76. The molecule has 0 atom stereocenters. The summed E-state index contributed by atoms with van der Waals surface area (Å²) in [5, 5.41) is 0.623. The zero-order chi connectivity index (χ0) is 9.42. The van der Waals surface area contributed by atoms with E-state index in [9.17, 15) is 4.79 Å². The minimum Gasteiger partial charge on any atom is -0.302 e. The van der Waals surface area contributed by atoms with Gasteiger partial charge < -0.3 is 4.57 Å². The molecule has 66 valence electrons. The van der Waals surface area contributed by atoms with Gasteiger partial charge in [0.05, 0.1) is 23.4 Å². The molecule has 4 heteroatoms. The highest BCUT2D eigenvalue weighted by Gasteiger charge is 2.01. The fraction of sp³-hybridized carbons (Fsp3) is 0.222. The maximum absolute atomic E-state index is 11.6. The molecule has 0 saturated heterocycles. The van der Waals surface area contributed by atoms with Crippen molar-refractivity contribution in [3.63, 3.8) is 0 Å². The van der Waals surface area contributed by atoms with Crippen molar-refractivity contribution >= 4 is 10.9 Å². The SMILES string of the molecule is Cc1cc2c(=O)n(C)cnc2cn1. The number of rotatable bonds is 0. The van der Waals surface area contributed by atoms with Crippen LogP contribution in [0, 0.1) is 6.92 Å². The van der Waals surface area contributed by atoms with Crippen LogP contribution in [-0.2, 0) is 7.05 Å². The zero-order valence-electron chi connectivity index (χ0n) is 7.48. The van der Waals surface area contributed by atoms with Crippen LogP contribution in [0.15, 0.2) is 23.4 Å². The van der Waals surface area contributed by atoms with E-state index in [1.165, 1.54) is 10.9 Å². The molecule has 0 aromatic carbocycles. The molecule has 2 aromatic heterocycles. The molecule has 0 spiro atoms. The predicted molar refractivity (Wildman–Crippen MR) is 49.5 cm³/mol. The van der Waals surface area contributed by atoms with Crippen LogP contribution in [-0.4, -0.2) is 14.5 Å². The number of aromatic nitrogens is 3. The van der Waals surface area contributed by atoms with E-state index in [1.807, 2.05) is 6.92 Å². The zero-order valence-corrected chi connectivity index (χ0v) is 7.48. The minimum atomic E-state index is -0.0319. The largest absolute Gasteiger partial charge is 0.302 e. The lowest BCUT2D eigenvalue weighted by atomic mass is 10.2. The molecule has 0 radical (unpaired) electrons. The van der Waals surface area contributed by atoms with Gasteiger partial charge in [0.15, 0.2) is 0 Å². The van der Waals surface area contributed by atoms with Gasteiger partial charge in [0.25, 0.3) is 5.56 Å². The Bertz CT molecular complexity index is 510. The van der Waals surface area contributed by atoms with Gasteiger partial charge in [-0.25, -0.2) is 4.98 Å². The molecule has 0 amide bonds. The van der Waals surface area contributed by atoms with Gasteiger partial charge in [-0.1, -0.05) is 0 Å². The number of pyridine rings is 1. The Kier molecular flexibility index (Phi) is 1.62. The Morgan fingerprint density at radius 1 is 1.38 bits per heavy atom. The third-order valence-electron chi connectivity index (χ3n) is 1.94. The second-order valence-corrected chi connectivity index (χ2v) is 3.00. The van der Waals surface area contributed by atoms with Gasteiger partial charge in [-0.2, -0.15) is 0 Å². The quantitative estimate of drug-likeness (QED) is 0.590. The topological polar surface area (TPSA) is 47.8 Å². The lowest BCUT2D eigenvalue weighted by Crippen LogP contribution is -2.17. The summed E-state index contributed by atoms with van der Waals surface area (Å²) in [6, 6.07) is 1.75. The van der Waals surface area contributed by atoms with E-state index >= 15 is 0 Å². The van der Waals surface area contributed by atoms with Crippen molar-refractivity contribution in [3.05, 3.63) is 34.6 Å². The van der Waals surface area contributed by atoms with E-state index in [-0.39, 0.29) is 5.56 Å². The Morgan fingerprint density at radius 2 is 2.15 bits per heavy atom. The van der Waals surface area contributed by atoms with Gasteiger partial charge in [-0.3, -0.25) is 9.78 Å². The minimum absolute atomic E-state index is 0.0319. The first-order chi connectivity index (χ1) is 6.18. The van der Waals surface area contributed by atoms with Crippen molar-refractivity contribution in [2.45, 2.75) is 6.92 Å². The van der Waals surface area contributed by atoms with Crippen LogP contribution < -0.4 is 5.56 Å². The molecular weight excluding hydrogens is 166 g/mol. The molecule has 0 fully saturated rings. The fourth-order valence-corrected chi connectivity index (χ4v) is 1.22. The summed E-state index contributed by atoms with van der Waals surface area (Å²) in [6.07, 6.45) is 3.12. The van der Waals surface area contributed by atoms with E-state index in [0.717, 1.165) is 5.69 Å². The highest BCUT2D eigenvalue weighted by atomic mass is 16.1. The van der Waals surface area contributed by atoms with E-state index in [0.29, 0.717) is 10.9 Å². The third-order valence-corrected chi connectivity index (χ3v) is 1.94. The van der Waals surface area contributed by atoms with Crippen molar-refractivity contribution in [1.29, 1.82) is 0 Å². The number of hydrogen-bond acceptors (Lipinski definition) is 3. The maximum atomic E-state index is 11.6. The molecule has 0 aliphatic carbocycles. The Hall–Kier alpha value is -1.71. The number of hydrogen-bond donors (Lipinski definition) is 0. The van der Waals surface area contributed by atoms with Crippen LogP contribution in [0.5, 0.6) is 0 Å². The number of aryl methyl sites for hydroxylation is 2. The highest BCUT2D eigenvalue weighted by Crippen LogP contribution is 2.04. The molecule has 2 rings (SSSR count). The molecule has 0 aliphatic heterocycles. The number of nitrogens with zero attached hydrogens (tertiary/aromatic N) is 3. The summed E-state index contributed by atoms with van der Waals surface area (Å²) in [5.41, 5.74) is 1.45. The monoisotopic (exact) mass is 175 g/mol. The summed E-state index contributed by atoms with van der Waals surface area (Å²) in [7, 11) is 1.69. The van der Waals surface area contributed by atoms with Crippen molar-refractivity contribution in [3.8, 4) is 0 Å². The van der Waals surface area contributed by atoms with Gasteiger partial charge in [-0.15, -0.1) is 0 Å². The lowest BCUT2D eigenvalue weighted by molar-refractivity contribution is 0.841. The molecule has 13 heavy (non-hydrogen) atoms. The summed E-state index contributed by atoms with van der Waals surface area (Å²) in [5.74, 6) is 0. The standard InChI is InChI=1S/C9H9N3O/c1-6-3-7-8(4-10-6)11-5-12(2)9(7)13/h3-5H,1-2H3. The van der Waals surface area contributed by atoms with Gasteiger partial charge in [0.1, 0.15) is 0 Å². The van der Waals surface area contributed by atoms with Crippen molar-refractivity contribution in [2.24, 2.45) is 7.05 Å². The van der Waals surface area contributed by atoms with Crippen molar-refractivity contribution in [1.82, 2.24) is 14.5 Å². The number of fused-ring (bicyclic) bond motifs is 1. The van der Waals surface area contributed by atoms with Gasteiger partial charge in [0.2, 0.25) is 0 Å². The molecule has 2 aromatic rings. The Balaban J connectivity index is 2.97. The molecule has 0 bridgehead atoms. The van der Waals surface area contributed by atoms with Crippen LogP contribution >= 0.6 is 0 Å². The van der Waals surface area contributed by atoms with Crippen molar-refractivity contribution < 1.29 is 0 Å². The first kappa shape index (κ1) is 7.91. The van der Waals surface area contributed by atoms with Gasteiger partial charge in [-0.05, 0) is 13.0 Å². The van der Waals surface area contributed by atoms with Crippen LogP contribution in [0.1, 0.15) is 5.69 Å².